The lowest BCUT2D eigenvalue weighted by molar-refractivity contribution is 0.368. The average molecular weight is 195 g/mol. The summed E-state index contributed by atoms with van der Waals surface area (Å²) in [6, 6.07) is 1.98. The van der Waals surface area contributed by atoms with Gasteiger partial charge in [-0.2, -0.15) is 0 Å². The summed E-state index contributed by atoms with van der Waals surface area (Å²) in [7, 11) is 3.47. The molecule has 0 aliphatic carbocycles. The Kier molecular flexibility index (Phi) is 3.36. The van der Waals surface area contributed by atoms with Crippen LogP contribution in [0.15, 0.2) is 6.07 Å². The first-order valence-electron chi connectivity index (χ1n) is 4.62. The van der Waals surface area contributed by atoms with Gasteiger partial charge in [0.25, 0.3) is 0 Å². The molecule has 0 aliphatic heterocycles. The summed E-state index contributed by atoms with van der Waals surface area (Å²) in [5.41, 5.74) is 2.99. The van der Waals surface area contributed by atoms with E-state index in [9.17, 15) is 5.11 Å². The Labute approximate surface area is 84.7 Å². The number of hydrogen-bond acceptors (Lipinski definition) is 3. The second kappa shape index (κ2) is 4.33. The van der Waals surface area contributed by atoms with Gasteiger partial charge < -0.3 is 15.2 Å². The average Bonchev–Trinajstić information content (AvgIpc) is 2.16. The van der Waals surface area contributed by atoms with Crippen LogP contribution in [0.5, 0.6) is 11.5 Å². The molecule has 0 saturated carbocycles. The van der Waals surface area contributed by atoms with E-state index in [0.717, 1.165) is 23.2 Å². The predicted molar refractivity (Wildman–Crippen MR) is 56.9 cm³/mol. The molecule has 0 saturated heterocycles. The number of hydrogen-bond donors (Lipinski definition) is 2. The van der Waals surface area contributed by atoms with Crippen molar-refractivity contribution in [3.8, 4) is 11.5 Å². The fourth-order valence-corrected chi connectivity index (χ4v) is 1.56. The predicted octanol–water partition coefficient (Wildman–Crippen LogP) is 1.74. The molecule has 0 aliphatic rings. The number of benzene rings is 1. The fraction of sp³-hybridized carbons (Fsp3) is 0.455. The third-order valence-corrected chi connectivity index (χ3v) is 2.37. The number of phenols is 1. The van der Waals surface area contributed by atoms with Crippen molar-refractivity contribution < 1.29 is 9.84 Å². The largest absolute Gasteiger partial charge is 0.504 e. The maximum absolute atomic E-state index is 9.73. The van der Waals surface area contributed by atoms with Crippen LogP contribution >= 0.6 is 0 Å². The van der Waals surface area contributed by atoms with Crippen molar-refractivity contribution in [3.63, 3.8) is 0 Å². The molecule has 0 aromatic heterocycles. The molecular weight excluding hydrogens is 178 g/mol. The van der Waals surface area contributed by atoms with Crippen molar-refractivity contribution in [1.29, 1.82) is 0 Å². The van der Waals surface area contributed by atoms with Gasteiger partial charge in [-0.15, -0.1) is 0 Å². The SMILES string of the molecule is CNCc1cc(C)c(O)c(OC)c1C. The fourth-order valence-electron chi connectivity index (χ4n) is 1.56. The highest BCUT2D eigenvalue weighted by atomic mass is 16.5. The maximum Gasteiger partial charge on any atom is 0.163 e. The van der Waals surface area contributed by atoms with Crippen molar-refractivity contribution in [2.45, 2.75) is 20.4 Å². The maximum atomic E-state index is 9.73. The van der Waals surface area contributed by atoms with Gasteiger partial charge in [-0.25, -0.2) is 0 Å². The van der Waals surface area contributed by atoms with E-state index in [1.807, 2.05) is 27.0 Å². The second-order valence-corrected chi connectivity index (χ2v) is 3.39. The number of methoxy groups -OCH3 is 1. The van der Waals surface area contributed by atoms with Crippen LogP contribution in [0.1, 0.15) is 16.7 Å². The third kappa shape index (κ3) is 1.82. The standard InChI is InChI=1S/C11H17NO2/c1-7-5-9(6-12-3)8(2)11(14-4)10(7)13/h5,12-13H,6H2,1-4H3. The first kappa shape index (κ1) is 10.9. The molecule has 0 atom stereocenters. The van der Waals surface area contributed by atoms with Gasteiger partial charge in [0.2, 0.25) is 0 Å². The highest BCUT2D eigenvalue weighted by Crippen LogP contribution is 2.35. The van der Waals surface area contributed by atoms with Crippen LogP contribution in [0.4, 0.5) is 0 Å². The summed E-state index contributed by atoms with van der Waals surface area (Å²) >= 11 is 0. The molecule has 0 unspecified atom stereocenters. The second-order valence-electron chi connectivity index (χ2n) is 3.39. The van der Waals surface area contributed by atoms with Gasteiger partial charge in [-0.3, -0.25) is 0 Å². The first-order chi connectivity index (χ1) is 6.61. The lowest BCUT2D eigenvalue weighted by Crippen LogP contribution is -2.07. The molecule has 0 fully saturated rings. The normalized spacial score (nSPS) is 10.3. The van der Waals surface area contributed by atoms with E-state index in [0.29, 0.717) is 5.75 Å². The number of aryl methyl sites for hydroxylation is 1. The van der Waals surface area contributed by atoms with Crippen LogP contribution in [0, 0.1) is 13.8 Å². The molecule has 14 heavy (non-hydrogen) atoms. The lowest BCUT2D eigenvalue weighted by Gasteiger charge is -2.14. The number of rotatable bonds is 3. The third-order valence-electron chi connectivity index (χ3n) is 2.37. The van der Waals surface area contributed by atoms with Gasteiger partial charge in [-0.1, -0.05) is 6.07 Å². The van der Waals surface area contributed by atoms with Crippen LogP contribution in [0.2, 0.25) is 0 Å². The molecular formula is C11H17NO2. The molecule has 0 amide bonds. The van der Waals surface area contributed by atoms with E-state index in [2.05, 4.69) is 5.32 Å². The van der Waals surface area contributed by atoms with E-state index >= 15 is 0 Å². The summed E-state index contributed by atoms with van der Waals surface area (Å²) in [4.78, 5) is 0. The van der Waals surface area contributed by atoms with E-state index in [1.54, 1.807) is 7.11 Å². The molecule has 3 heteroatoms. The van der Waals surface area contributed by atoms with Crippen molar-refractivity contribution in [2.75, 3.05) is 14.2 Å². The van der Waals surface area contributed by atoms with Gasteiger partial charge in [0.1, 0.15) is 0 Å². The summed E-state index contributed by atoms with van der Waals surface area (Å²) in [6.45, 7) is 4.60. The Morgan fingerprint density at radius 3 is 2.57 bits per heavy atom. The minimum Gasteiger partial charge on any atom is -0.504 e. The Balaban J connectivity index is 3.27. The smallest absolute Gasteiger partial charge is 0.163 e. The molecule has 0 spiro atoms. The van der Waals surface area contributed by atoms with Gasteiger partial charge in [-0.05, 0) is 37.6 Å². The molecule has 0 bridgehead atoms. The molecule has 1 aromatic rings. The zero-order chi connectivity index (χ0) is 10.7. The Hall–Kier alpha value is -1.22. The van der Waals surface area contributed by atoms with Crippen molar-refractivity contribution in [1.82, 2.24) is 5.32 Å². The van der Waals surface area contributed by atoms with E-state index in [1.165, 1.54) is 0 Å². The topological polar surface area (TPSA) is 41.5 Å². The van der Waals surface area contributed by atoms with Crippen molar-refractivity contribution in [2.24, 2.45) is 0 Å². The van der Waals surface area contributed by atoms with Crippen LogP contribution in [-0.2, 0) is 6.54 Å². The first-order valence-corrected chi connectivity index (χ1v) is 4.62. The Morgan fingerprint density at radius 2 is 2.07 bits per heavy atom. The number of nitrogens with one attached hydrogen (secondary N) is 1. The molecule has 0 radical (unpaired) electrons. The van der Waals surface area contributed by atoms with Crippen LogP contribution in [0.3, 0.4) is 0 Å². The minimum absolute atomic E-state index is 0.241. The van der Waals surface area contributed by atoms with Crippen LogP contribution in [-0.4, -0.2) is 19.3 Å². The minimum atomic E-state index is 0.241. The summed E-state index contributed by atoms with van der Waals surface area (Å²) in [6.07, 6.45) is 0. The Bertz CT molecular complexity index is 335. The molecule has 2 N–H and O–H groups in total. The molecule has 1 aromatic carbocycles. The van der Waals surface area contributed by atoms with E-state index in [4.69, 9.17) is 4.74 Å². The summed E-state index contributed by atoms with van der Waals surface area (Å²) in [5, 5.41) is 12.8. The van der Waals surface area contributed by atoms with Gasteiger partial charge in [0, 0.05) is 6.54 Å². The van der Waals surface area contributed by atoms with Crippen LogP contribution < -0.4 is 10.1 Å². The lowest BCUT2D eigenvalue weighted by atomic mass is 10.0. The number of aromatic hydroxyl groups is 1. The Morgan fingerprint density at radius 1 is 1.43 bits per heavy atom. The molecule has 3 nitrogen and oxygen atoms in total. The van der Waals surface area contributed by atoms with E-state index < -0.39 is 0 Å². The van der Waals surface area contributed by atoms with Gasteiger partial charge in [0.05, 0.1) is 7.11 Å². The number of ether oxygens (including phenoxy) is 1. The number of phenolic OH excluding ortho intramolecular Hbond substituents is 1. The van der Waals surface area contributed by atoms with Gasteiger partial charge >= 0.3 is 0 Å². The molecule has 1 rings (SSSR count). The molecule has 0 heterocycles. The zero-order valence-corrected chi connectivity index (χ0v) is 9.14. The monoisotopic (exact) mass is 195 g/mol. The zero-order valence-electron chi connectivity index (χ0n) is 9.14. The van der Waals surface area contributed by atoms with Crippen molar-refractivity contribution in [3.05, 3.63) is 22.8 Å². The van der Waals surface area contributed by atoms with Gasteiger partial charge in [0.15, 0.2) is 11.5 Å². The molecule has 78 valence electrons. The summed E-state index contributed by atoms with van der Waals surface area (Å²) in [5.74, 6) is 0.820. The highest BCUT2D eigenvalue weighted by Gasteiger charge is 2.12. The van der Waals surface area contributed by atoms with E-state index in [-0.39, 0.29) is 5.75 Å². The quantitative estimate of drug-likeness (QED) is 0.772. The highest BCUT2D eigenvalue weighted by molar-refractivity contribution is 5.53. The summed E-state index contributed by atoms with van der Waals surface area (Å²) < 4.78 is 5.17. The van der Waals surface area contributed by atoms with Crippen molar-refractivity contribution >= 4 is 0 Å². The van der Waals surface area contributed by atoms with Crippen LogP contribution in [0.25, 0.3) is 0 Å².